The van der Waals surface area contributed by atoms with Crippen LogP contribution in [0.3, 0.4) is 0 Å². The summed E-state index contributed by atoms with van der Waals surface area (Å²) in [6.07, 6.45) is 0. The Morgan fingerprint density at radius 3 is 2.48 bits per heavy atom. The van der Waals surface area contributed by atoms with Crippen molar-refractivity contribution in [2.24, 2.45) is 16.2 Å². The van der Waals surface area contributed by atoms with Gasteiger partial charge in [-0.3, -0.25) is 5.41 Å². The number of fused-ring (bicyclic) bond motifs is 3. The van der Waals surface area contributed by atoms with Crippen LogP contribution in [0.25, 0.3) is 21.8 Å². The van der Waals surface area contributed by atoms with E-state index in [1.807, 2.05) is 48.5 Å². The molecule has 0 fully saturated rings. The zero-order valence-electron chi connectivity index (χ0n) is 14.2. The van der Waals surface area contributed by atoms with E-state index in [1.54, 1.807) is 0 Å². The van der Waals surface area contributed by atoms with Gasteiger partial charge in [0.2, 0.25) is 0 Å². The third-order valence-corrected chi connectivity index (χ3v) is 5.27. The molecule has 1 aromatic heterocycles. The van der Waals surface area contributed by atoms with E-state index in [-0.39, 0.29) is 5.84 Å². The first-order valence-corrected chi connectivity index (χ1v) is 8.99. The second-order valence-corrected chi connectivity index (χ2v) is 6.96. The summed E-state index contributed by atoms with van der Waals surface area (Å²) in [5.74, 6) is 5.10. The van der Waals surface area contributed by atoms with Crippen LogP contribution >= 0.6 is 23.2 Å². The monoisotopic (exact) mass is 395 g/mol. The third kappa shape index (κ3) is 3.16. The van der Waals surface area contributed by atoms with E-state index < -0.39 is 0 Å². The standard InChI is InChI=1S/C20H15Cl2N5/c21-16-7-5-12(9-17(16)22)11-27-18-4-2-1-3-14(18)15-10-13(6-8-19(15)27)20(23)25-26-24/h1-10H,11H2,(H3,23,24,25). The number of aromatic nitrogens is 1. The Hall–Kier alpha value is -2.89. The maximum Gasteiger partial charge on any atom is 0.176 e. The summed E-state index contributed by atoms with van der Waals surface area (Å²) in [7, 11) is 0. The minimum absolute atomic E-state index is 0.0284. The Kier molecular flexibility index (Phi) is 4.56. The SMILES string of the molecule is N=C(N=NN)c1ccc2c(c1)c1ccccc1n2Cc1ccc(Cl)c(Cl)c1. The Morgan fingerprint density at radius 1 is 0.926 bits per heavy atom. The lowest BCUT2D eigenvalue weighted by Crippen LogP contribution is -2.00. The van der Waals surface area contributed by atoms with Crippen molar-refractivity contribution in [3.05, 3.63) is 81.8 Å². The van der Waals surface area contributed by atoms with Crippen molar-refractivity contribution < 1.29 is 0 Å². The van der Waals surface area contributed by atoms with E-state index in [4.69, 9.17) is 34.5 Å². The van der Waals surface area contributed by atoms with Gasteiger partial charge in [0.15, 0.2) is 5.84 Å². The molecule has 0 aliphatic rings. The van der Waals surface area contributed by atoms with Crippen LogP contribution in [0.15, 0.2) is 71.0 Å². The predicted molar refractivity (Wildman–Crippen MR) is 111 cm³/mol. The van der Waals surface area contributed by atoms with Crippen LogP contribution in [-0.2, 0) is 6.54 Å². The molecule has 4 aromatic rings. The van der Waals surface area contributed by atoms with Crippen LogP contribution in [-0.4, -0.2) is 10.4 Å². The molecule has 134 valence electrons. The molecule has 0 spiro atoms. The Labute approximate surface area is 165 Å². The number of amidine groups is 1. The quantitative estimate of drug-likeness (QED) is 0.148. The van der Waals surface area contributed by atoms with E-state index in [2.05, 4.69) is 27.0 Å². The molecular weight excluding hydrogens is 381 g/mol. The molecule has 0 saturated heterocycles. The van der Waals surface area contributed by atoms with Gasteiger partial charge in [-0.25, -0.2) is 0 Å². The average molecular weight is 396 g/mol. The van der Waals surface area contributed by atoms with Gasteiger partial charge >= 0.3 is 0 Å². The van der Waals surface area contributed by atoms with Gasteiger partial charge in [0.05, 0.1) is 10.0 Å². The molecule has 0 saturated carbocycles. The highest BCUT2D eigenvalue weighted by molar-refractivity contribution is 6.42. The number of nitrogens with zero attached hydrogens (tertiary/aromatic N) is 3. The van der Waals surface area contributed by atoms with Gasteiger partial charge in [-0.15, -0.1) is 5.11 Å². The second kappa shape index (κ2) is 7.02. The zero-order valence-corrected chi connectivity index (χ0v) is 15.7. The molecule has 0 radical (unpaired) electrons. The maximum absolute atomic E-state index is 7.97. The molecule has 0 amide bonds. The van der Waals surface area contributed by atoms with Crippen LogP contribution in [0.4, 0.5) is 0 Å². The lowest BCUT2D eigenvalue weighted by atomic mass is 10.1. The minimum Gasteiger partial charge on any atom is -0.336 e. The number of nitrogens with one attached hydrogen (secondary N) is 1. The molecule has 0 unspecified atom stereocenters. The average Bonchev–Trinajstić information content (AvgIpc) is 2.98. The minimum atomic E-state index is 0.0284. The summed E-state index contributed by atoms with van der Waals surface area (Å²) in [4.78, 5) is 0. The van der Waals surface area contributed by atoms with Crippen molar-refractivity contribution in [2.75, 3.05) is 0 Å². The normalized spacial score (nSPS) is 11.6. The van der Waals surface area contributed by atoms with E-state index >= 15 is 0 Å². The number of hydrogen-bond acceptors (Lipinski definition) is 2. The van der Waals surface area contributed by atoms with Crippen LogP contribution < -0.4 is 5.84 Å². The Morgan fingerprint density at radius 2 is 1.70 bits per heavy atom. The number of rotatable bonds is 3. The topological polar surface area (TPSA) is 79.5 Å². The molecule has 27 heavy (non-hydrogen) atoms. The second-order valence-electron chi connectivity index (χ2n) is 6.15. The molecule has 3 aromatic carbocycles. The van der Waals surface area contributed by atoms with Gasteiger partial charge in [0.25, 0.3) is 0 Å². The van der Waals surface area contributed by atoms with Crippen LogP contribution in [0, 0.1) is 5.41 Å². The molecule has 1 heterocycles. The summed E-state index contributed by atoms with van der Waals surface area (Å²) in [6.45, 7) is 0.653. The van der Waals surface area contributed by atoms with Crippen LogP contribution in [0.5, 0.6) is 0 Å². The molecule has 4 rings (SSSR count). The summed E-state index contributed by atoms with van der Waals surface area (Å²) >= 11 is 12.2. The lowest BCUT2D eigenvalue weighted by molar-refractivity contribution is 0.869. The maximum atomic E-state index is 7.97. The molecule has 0 aliphatic heterocycles. The van der Waals surface area contributed by atoms with Gasteiger partial charge in [0, 0.05) is 33.9 Å². The molecule has 0 atom stereocenters. The van der Waals surface area contributed by atoms with Crippen molar-refractivity contribution in [1.29, 1.82) is 5.41 Å². The van der Waals surface area contributed by atoms with Gasteiger partial charge in [-0.2, -0.15) is 0 Å². The lowest BCUT2D eigenvalue weighted by Gasteiger charge is -2.09. The molecule has 7 heteroatoms. The first-order chi connectivity index (χ1) is 13.1. The summed E-state index contributed by atoms with van der Waals surface area (Å²) in [6, 6.07) is 19.6. The van der Waals surface area contributed by atoms with Crippen LogP contribution in [0.2, 0.25) is 10.0 Å². The molecular formula is C20H15Cl2N5. The summed E-state index contributed by atoms with van der Waals surface area (Å²) < 4.78 is 2.22. The molecule has 3 N–H and O–H groups in total. The van der Waals surface area contributed by atoms with Gasteiger partial charge < -0.3 is 10.4 Å². The Bertz CT molecular complexity index is 1210. The third-order valence-electron chi connectivity index (χ3n) is 4.53. The fraction of sp³-hybridized carbons (Fsp3) is 0.0500. The first-order valence-electron chi connectivity index (χ1n) is 8.23. The molecule has 0 bridgehead atoms. The van der Waals surface area contributed by atoms with Crippen molar-refractivity contribution in [2.45, 2.75) is 6.54 Å². The summed E-state index contributed by atoms with van der Waals surface area (Å²) in [5, 5.41) is 18.0. The predicted octanol–water partition coefficient (Wildman–Crippen LogP) is 5.80. The van der Waals surface area contributed by atoms with Crippen molar-refractivity contribution in [3.8, 4) is 0 Å². The Balaban J connectivity index is 1.90. The van der Waals surface area contributed by atoms with Crippen molar-refractivity contribution in [3.63, 3.8) is 0 Å². The van der Waals surface area contributed by atoms with Crippen LogP contribution in [0.1, 0.15) is 11.1 Å². The van der Waals surface area contributed by atoms with Gasteiger partial charge in [-0.1, -0.05) is 52.7 Å². The molecule has 0 aliphatic carbocycles. The largest absolute Gasteiger partial charge is 0.336 e. The van der Waals surface area contributed by atoms with E-state index in [0.29, 0.717) is 22.2 Å². The number of halogens is 2. The highest BCUT2D eigenvalue weighted by Crippen LogP contribution is 2.31. The zero-order chi connectivity index (χ0) is 19.0. The van der Waals surface area contributed by atoms with Gasteiger partial charge in [-0.05, 0) is 42.0 Å². The summed E-state index contributed by atoms with van der Waals surface area (Å²) in [5.41, 5.74) is 3.88. The molecule has 5 nitrogen and oxygen atoms in total. The number of benzene rings is 3. The van der Waals surface area contributed by atoms with Crippen molar-refractivity contribution in [1.82, 2.24) is 4.57 Å². The number of nitrogens with two attached hydrogens (primary N) is 1. The van der Waals surface area contributed by atoms with E-state index in [9.17, 15) is 0 Å². The highest BCUT2D eigenvalue weighted by Gasteiger charge is 2.13. The fourth-order valence-corrected chi connectivity index (χ4v) is 3.63. The number of para-hydroxylation sites is 1. The highest BCUT2D eigenvalue weighted by atomic mass is 35.5. The smallest absolute Gasteiger partial charge is 0.176 e. The van der Waals surface area contributed by atoms with E-state index in [1.165, 1.54) is 0 Å². The van der Waals surface area contributed by atoms with E-state index in [0.717, 1.165) is 27.4 Å². The fourth-order valence-electron chi connectivity index (χ4n) is 3.31. The first kappa shape index (κ1) is 17.5. The van der Waals surface area contributed by atoms with Gasteiger partial charge in [0.1, 0.15) is 0 Å². The number of hydrogen-bond donors (Lipinski definition) is 2. The van der Waals surface area contributed by atoms with Crippen molar-refractivity contribution >= 4 is 50.8 Å².